The van der Waals surface area contributed by atoms with Crippen LogP contribution in [0, 0.1) is 22.7 Å². The first-order chi connectivity index (χ1) is 40.5. The number of carbonyl (C=O) groups is 6. The number of carbonyl (C=O) groups excluding carboxylic acids is 6. The van der Waals surface area contributed by atoms with Crippen molar-refractivity contribution >= 4 is 40.9 Å². The van der Waals surface area contributed by atoms with Crippen molar-refractivity contribution in [1.82, 2.24) is 10.2 Å². The number of anilines is 1. The fourth-order valence-corrected chi connectivity index (χ4v) is 12.7. The van der Waals surface area contributed by atoms with Gasteiger partial charge in [-0.2, -0.15) is 0 Å². The van der Waals surface area contributed by atoms with Gasteiger partial charge in [-0.05, 0) is 79.5 Å². The van der Waals surface area contributed by atoms with Crippen molar-refractivity contribution in [3.05, 3.63) is 101 Å². The molecule has 4 N–H and O–H groups in total. The van der Waals surface area contributed by atoms with Crippen LogP contribution in [-0.2, 0) is 82.6 Å². The Hall–Kier alpha value is -5.54. The molecule has 3 saturated carbocycles. The zero-order valence-electron chi connectivity index (χ0n) is 47.8. The first-order valence-corrected chi connectivity index (χ1v) is 28.9. The second-order valence-electron chi connectivity index (χ2n) is 22.1. The van der Waals surface area contributed by atoms with Crippen LogP contribution in [0.1, 0.15) is 68.9 Å². The van der Waals surface area contributed by atoms with Gasteiger partial charge in [0.05, 0.1) is 124 Å². The minimum absolute atomic E-state index is 0.0111. The lowest BCUT2D eigenvalue weighted by Crippen LogP contribution is -2.70. The highest BCUT2D eigenvalue weighted by molar-refractivity contribution is 6.13. The van der Waals surface area contributed by atoms with E-state index in [0.29, 0.717) is 123 Å². The highest BCUT2D eigenvalue weighted by atomic mass is 19.1. The molecule has 0 aromatic heterocycles. The maximum absolute atomic E-state index is 17.8. The summed E-state index contributed by atoms with van der Waals surface area (Å²) in [6.45, 7) is 8.75. The smallest absolute Gasteiger partial charge is 0.253 e. The topological polar surface area (TPSA) is 262 Å². The van der Waals surface area contributed by atoms with Crippen LogP contribution in [-0.4, -0.2) is 205 Å². The summed E-state index contributed by atoms with van der Waals surface area (Å²) in [7, 11) is 0. The summed E-state index contributed by atoms with van der Waals surface area (Å²) in [4.78, 5) is 74.9. The number of imide groups is 1. The number of aliphatic hydroxyl groups excluding tert-OH is 2. The van der Waals surface area contributed by atoms with Gasteiger partial charge in [0.1, 0.15) is 12.8 Å². The lowest BCUT2D eigenvalue weighted by atomic mass is 9.44. The molecule has 0 radical (unpaired) electrons. The summed E-state index contributed by atoms with van der Waals surface area (Å²) >= 11 is 0. The van der Waals surface area contributed by atoms with E-state index in [9.17, 15) is 39.0 Å². The largest absolute Gasteiger partial charge is 0.390 e. The number of halogens is 2. The van der Waals surface area contributed by atoms with Crippen molar-refractivity contribution in [3.8, 4) is 0 Å². The van der Waals surface area contributed by atoms with Crippen molar-refractivity contribution in [2.24, 2.45) is 22.7 Å². The molecule has 21 nitrogen and oxygen atoms in total. The van der Waals surface area contributed by atoms with Crippen LogP contribution in [0.15, 0.2) is 84.5 Å². The number of ether oxygens (including phenoxy) is 10. The molecule has 0 spiro atoms. The fourth-order valence-electron chi connectivity index (χ4n) is 12.7. The van der Waals surface area contributed by atoms with E-state index >= 15 is 8.78 Å². The Balaban J connectivity index is 0.616. The molecule has 2 aliphatic heterocycles. The van der Waals surface area contributed by atoms with Gasteiger partial charge in [0.15, 0.2) is 29.1 Å². The van der Waals surface area contributed by atoms with Crippen LogP contribution in [0.25, 0.3) is 0 Å². The van der Waals surface area contributed by atoms with Gasteiger partial charge in [-0.3, -0.25) is 33.7 Å². The Kier molecular flexibility index (Phi) is 23.2. The van der Waals surface area contributed by atoms with Crippen LogP contribution >= 0.6 is 0 Å². The summed E-state index contributed by atoms with van der Waals surface area (Å²) in [6, 6.07) is 15.0. The van der Waals surface area contributed by atoms with Gasteiger partial charge < -0.3 is 68.2 Å². The number of hydrogen-bond donors (Lipinski definition) is 4. The molecule has 2 aromatic rings. The Morgan fingerprint density at radius 2 is 1.27 bits per heavy atom. The summed E-state index contributed by atoms with van der Waals surface area (Å²) in [5.41, 5.74) is -3.74. The Morgan fingerprint density at radius 3 is 1.86 bits per heavy atom. The molecule has 1 saturated heterocycles. The lowest BCUT2D eigenvalue weighted by Gasteiger charge is -2.63. The first kappa shape index (κ1) is 64.5. The van der Waals surface area contributed by atoms with E-state index in [1.54, 1.807) is 6.92 Å². The molecule has 10 atom stereocenters. The highest BCUT2D eigenvalue weighted by Crippen LogP contribution is 2.72. The number of nitrogens with zero attached hydrogens (tertiary/aromatic N) is 1. The summed E-state index contributed by atoms with van der Waals surface area (Å²) in [5.74, 6) is -4.07. The number of rotatable bonds is 36. The van der Waals surface area contributed by atoms with Crippen LogP contribution in [0.3, 0.4) is 0 Å². The molecular weight excluding hydrogens is 1100 g/mol. The van der Waals surface area contributed by atoms with Gasteiger partial charge in [0.25, 0.3) is 11.8 Å². The second kappa shape index (κ2) is 30.2. The first-order valence-electron chi connectivity index (χ1n) is 28.9. The number of Topliss-reactive ketones (excluding diaryl/α,β-unsaturated/α-hetero) is 1. The number of allylic oxidation sites excluding steroid dienone is 4. The molecule has 2 aromatic carbocycles. The maximum atomic E-state index is 17.8. The Bertz CT molecular complexity index is 2680. The predicted octanol–water partition coefficient (Wildman–Crippen LogP) is 3.81. The van der Waals surface area contributed by atoms with E-state index in [2.05, 4.69) is 10.6 Å². The number of nitrogens with one attached hydrogen (secondary N) is 2. The van der Waals surface area contributed by atoms with Crippen LogP contribution in [0.2, 0.25) is 0 Å². The SMILES string of the molecule is C[C@]12C=CC(=O)C=C1[C@@H](F)CC1[C@@H]3C[C@H]4O[C@@H](c5ccc(Cc6cccc(NC(=O)CCOCCOCCOCCOCCOCCOCCOCCOCCNC(=O)CCN7C(=O)C=CC7=O)c6)cc5)O[C@@]4(C(=O)CO)[C@@]3(C)C[C@H](O)[C@@]12F. The number of alkyl halides is 2. The highest BCUT2D eigenvalue weighted by Gasteiger charge is 2.80. The molecule has 4 aliphatic carbocycles. The van der Waals surface area contributed by atoms with Crippen molar-refractivity contribution in [2.45, 2.75) is 88.3 Å². The van der Waals surface area contributed by atoms with Gasteiger partial charge in [-0.25, -0.2) is 8.78 Å². The van der Waals surface area contributed by atoms with Crippen LogP contribution in [0.4, 0.5) is 14.5 Å². The number of hydrogen-bond acceptors (Lipinski definition) is 18. The monoisotopic (exact) mass is 1180 g/mol. The molecule has 84 heavy (non-hydrogen) atoms. The molecule has 460 valence electrons. The molecular formula is C61H79F2N3O18. The third-order valence-corrected chi connectivity index (χ3v) is 16.9. The third-order valence-electron chi connectivity index (χ3n) is 16.9. The molecule has 6 aliphatic rings. The molecule has 0 bridgehead atoms. The third kappa shape index (κ3) is 15.0. The van der Waals surface area contributed by atoms with E-state index < -0.39 is 88.6 Å². The Labute approximate surface area is 487 Å². The van der Waals surface area contributed by atoms with E-state index in [-0.39, 0.29) is 62.6 Å². The molecule has 8 rings (SSSR count). The van der Waals surface area contributed by atoms with Gasteiger partial charge >= 0.3 is 0 Å². The number of benzene rings is 2. The summed E-state index contributed by atoms with van der Waals surface area (Å²) in [6.07, 6.45) is 1.26. The number of aliphatic hydroxyl groups is 2. The molecule has 4 fully saturated rings. The summed E-state index contributed by atoms with van der Waals surface area (Å²) < 4.78 is 91.0. The molecule has 23 heteroatoms. The van der Waals surface area contributed by atoms with Gasteiger partial charge in [0.2, 0.25) is 11.8 Å². The quantitative estimate of drug-likeness (QED) is 0.0558. The van der Waals surface area contributed by atoms with E-state index in [1.165, 1.54) is 31.2 Å². The van der Waals surface area contributed by atoms with Crippen molar-refractivity contribution in [2.75, 3.05) is 131 Å². The molecule has 1 unspecified atom stereocenters. The minimum atomic E-state index is -2.34. The van der Waals surface area contributed by atoms with Gasteiger partial charge in [0, 0.05) is 59.7 Å². The standard InChI is InChI=1S/C61H79F2N3O18/c1-58-15-12-45(68)36-48(58)49(62)37-47-46-38-52-61(51(70)40-67,59(46,2)39-50(69)60(47,58)63)84-57(83-52)43-8-6-41(7-9-43)34-42-4-3-5-44(35-42)65-54(72)14-18-75-20-22-77-24-26-79-28-30-81-32-33-82-31-29-80-27-25-78-23-21-76-19-16-64-53(71)13-17-66-55(73)10-11-56(66)74/h3-12,15,35-36,46-47,49-50,52,57,67,69H,13-14,16-34,37-40H2,1-2H3,(H,64,71)(H,65,72)/t46-,47?,49-,50-,52+,57+,58-,59-,60-,61+/m0/s1. The number of amides is 4. The molecule has 4 amide bonds. The fraction of sp³-hybridized carbons (Fsp3) is 0.607. The number of fused-ring (bicyclic) bond motifs is 7. The average Bonchev–Trinajstić information content (AvgIpc) is 1.39. The normalized spacial score (nSPS) is 28.5. The maximum Gasteiger partial charge on any atom is 0.253 e. The minimum Gasteiger partial charge on any atom is -0.390 e. The predicted molar refractivity (Wildman–Crippen MR) is 297 cm³/mol. The Morgan fingerprint density at radius 1 is 0.702 bits per heavy atom. The van der Waals surface area contributed by atoms with Crippen molar-refractivity contribution in [1.29, 1.82) is 0 Å². The van der Waals surface area contributed by atoms with Crippen LogP contribution < -0.4 is 10.6 Å². The van der Waals surface area contributed by atoms with E-state index in [1.807, 2.05) is 48.5 Å². The van der Waals surface area contributed by atoms with Crippen molar-refractivity contribution < 1.29 is 95.1 Å². The van der Waals surface area contributed by atoms with E-state index in [0.717, 1.165) is 22.1 Å². The van der Waals surface area contributed by atoms with E-state index in [4.69, 9.17) is 47.4 Å². The average molecular weight is 1180 g/mol. The summed E-state index contributed by atoms with van der Waals surface area (Å²) in [5, 5.41) is 27.8. The zero-order chi connectivity index (χ0) is 59.7. The van der Waals surface area contributed by atoms with Gasteiger partial charge in [-0.15, -0.1) is 0 Å². The van der Waals surface area contributed by atoms with Gasteiger partial charge in [-0.1, -0.05) is 49.4 Å². The lowest BCUT2D eigenvalue weighted by molar-refractivity contribution is -0.235. The number of ketones is 2. The van der Waals surface area contributed by atoms with Crippen molar-refractivity contribution in [3.63, 3.8) is 0 Å². The van der Waals surface area contributed by atoms with Crippen LogP contribution in [0.5, 0.6) is 0 Å². The zero-order valence-corrected chi connectivity index (χ0v) is 47.8. The molecule has 2 heterocycles. The second-order valence-corrected chi connectivity index (χ2v) is 22.1.